The second-order valence-electron chi connectivity index (χ2n) is 5.94. The van der Waals surface area contributed by atoms with Gasteiger partial charge in [-0.25, -0.2) is 9.67 Å². The van der Waals surface area contributed by atoms with E-state index in [1.165, 1.54) is 6.20 Å². The summed E-state index contributed by atoms with van der Waals surface area (Å²) in [6, 6.07) is 11.0. The molecule has 0 aliphatic rings. The van der Waals surface area contributed by atoms with Gasteiger partial charge in [0.15, 0.2) is 5.82 Å². The lowest BCUT2D eigenvalue weighted by Gasteiger charge is -2.08. The number of nitrogens with one attached hydrogen (secondary N) is 2. The lowest BCUT2D eigenvalue weighted by Crippen LogP contribution is -2.33. The van der Waals surface area contributed by atoms with Crippen molar-refractivity contribution in [2.45, 2.75) is 13.8 Å². The molecule has 0 spiro atoms. The Balaban J connectivity index is 1.61. The van der Waals surface area contributed by atoms with Gasteiger partial charge in [0.2, 0.25) is 5.91 Å². The summed E-state index contributed by atoms with van der Waals surface area (Å²) >= 11 is 3.41. The monoisotopic (exact) mass is 427 g/mol. The molecule has 0 bridgehead atoms. The van der Waals surface area contributed by atoms with E-state index in [2.05, 4.69) is 36.6 Å². The molecule has 2 aromatic heterocycles. The zero-order valence-electron chi connectivity index (χ0n) is 14.9. The first-order chi connectivity index (χ1) is 13.0. The van der Waals surface area contributed by atoms with Crippen LogP contribution < -0.4 is 10.6 Å². The Hall–Kier alpha value is -3.00. The van der Waals surface area contributed by atoms with Crippen molar-refractivity contribution in [1.82, 2.24) is 20.1 Å². The molecular weight excluding hydrogens is 410 g/mol. The van der Waals surface area contributed by atoms with Crippen LogP contribution in [-0.2, 0) is 4.79 Å². The fourth-order valence-corrected chi connectivity index (χ4v) is 2.77. The minimum atomic E-state index is -0.364. The minimum absolute atomic E-state index is 0.137. The summed E-state index contributed by atoms with van der Waals surface area (Å²) in [5, 5.41) is 9.58. The van der Waals surface area contributed by atoms with E-state index >= 15 is 0 Å². The van der Waals surface area contributed by atoms with Crippen LogP contribution in [0.4, 0.5) is 5.69 Å². The van der Waals surface area contributed by atoms with E-state index in [-0.39, 0.29) is 18.4 Å². The van der Waals surface area contributed by atoms with Crippen molar-refractivity contribution < 1.29 is 9.59 Å². The van der Waals surface area contributed by atoms with Gasteiger partial charge in [0.25, 0.3) is 5.91 Å². The maximum Gasteiger partial charge on any atom is 0.255 e. The van der Waals surface area contributed by atoms with E-state index in [0.717, 1.165) is 10.0 Å². The summed E-state index contributed by atoms with van der Waals surface area (Å²) < 4.78 is 2.55. The molecule has 1 aromatic carbocycles. The van der Waals surface area contributed by atoms with Crippen molar-refractivity contribution in [3.63, 3.8) is 0 Å². The maximum atomic E-state index is 12.4. The molecule has 0 aliphatic heterocycles. The topological polar surface area (TPSA) is 88.9 Å². The lowest BCUT2D eigenvalue weighted by molar-refractivity contribution is -0.115. The van der Waals surface area contributed by atoms with Crippen molar-refractivity contribution in [3.05, 3.63) is 70.1 Å². The zero-order valence-corrected chi connectivity index (χ0v) is 16.4. The Kier molecular flexibility index (Phi) is 5.66. The molecule has 0 saturated carbocycles. The minimum Gasteiger partial charge on any atom is -0.343 e. The molecule has 0 aliphatic carbocycles. The summed E-state index contributed by atoms with van der Waals surface area (Å²) in [6.07, 6.45) is 3.12. The summed E-state index contributed by atoms with van der Waals surface area (Å²) in [5.41, 5.74) is 2.73. The Morgan fingerprint density at radius 2 is 2.00 bits per heavy atom. The van der Waals surface area contributed by atoms with Crippen LogP contribution in [0.1, 0.15) is 21.6 Å². The number of hydrogen-bond acceptors (Lipinski definition) is 4. The molecule has 2 heterocycles. The predicted molar refractivity (Wildman–Crippen MR) is 106 cm³/mol. The van der Waals surface area contributed by atoms with Crippen LogP contribution in [0, 0.1) is 13.8 Å². The van der Waals surface area contributed by atoms with Crippen molar-refractivity contribution in [1.29, 1.82) is 0 Å². The van der Waals surface area contributed by atoms with Crippen molar-refractivity contribution in [2.24, 2.45) is 0 Å². The standard InChI is InChI=1S/C19H18BrN5O2/c1-12-9-14(6-7-16(12)20)24-18(26)11-22-19(27)15-10-23-25(13(15)2)17-5-3-4-8-21-17/h3-10H,11H2,1-2H3,(H,22,27)(H,24,26). The molecule has 3 aromatic rings. The molecule has 0 radical (unpaired) electrons. The van der Waals surface area contributed by atoms with Crippen LogP contribution in [0.15, 0.2) is 53.3 Å². The highest BCUT2D eigenvalue weighted by atomic mass is 79.9. The number of halogens is 1. The van der Waals surface area contributed by atoms with Crippen LogP contribution in [0.25, 0.3) is 5.82 Å². The van der Waals surface area contributed by atoms with Crippen molar-refractivity contribution in [3.8, 4) is 5.82 Å². The zero-order chi connectivity index (χ0) is 19.4. The number of anilines is 1. The highest BCUT2D eigenvalue weighted by molar-refractivity contribution is 9.10. The van der Waals surface area contributed by atoms with Gasteiger partial charge in [0.1, 0.15) is 0 Å². The van der Waals surface area contributed by atoms with Crippen LogP contribution >= 0.6 is 15.9 Å². The van der Waals surface area contributed by atoms with Gasteiger partial charge in [-0.2, -0.15) is 5.10 Å². The van der Waals surface area contributed by atoms with Gasteiger partial charge in [-0.3, -0.25) is 9.59 Å². The fourth-order valence-electron chi connectivity index (χ4n) is 2.53. The third kappa shape index (κ3) is 4.40. The van der Waals surface area contributed by atoms with Gasteiger partial charge < -0.3 is 10.6 Å². The van der Waals surface area contributed by atoms with Gasteiger partial charge >= 0.3 is 0 Å². The smallest absolute Gasteiger partial charge is 0.255 e. The summed E-state index contributed by atoms with van der Waals surface area (Å²) in [7, 11) is 0. The molecule has 3 rings (SSSR count). The van der Waals surface area contributed by atoms with Gasteiger partial charge in [-0.1, -0.05) is 22.0 Å². The second kappa shape index (κ2) is 8.13. The molecule has 27 heavy (non-hydrogen) atoms. The van der Waals surface area contributed by atoms with Crippen LogP contribution in [0.3, 0.4) is 0 Å². The molecule has 0 atom stereocenters. The quantitative estimate of drug-likeness (QED) is 0.654. The van der Waals surface area contributed by atoms with E-state index in [4.69, 9.17) is 0 Å². The van der Waals surface area contributed by atoms with Crippen molar-refractivity contribution >= 4 is 33.4 Å². The fraction of sp³-hybridized carbons (Fsp3) is 0.158. The predicted octanol–water partition coefficient (Wildman–Crippen LogP) is 3.02. The van der Waals surface area contributed by atoms with E-state index in [9.17, 15) is 9.59 Å². The summed E-state index contributed by atoms with van der Waals surface area (Å²) in [5.74, 6) is -0.0472. The second-order valence-corrected chi connectivity index (χ2v) is 6.79. The Morgan fingerprint density at radius 3 is 2.70 bits per heavy atom. The normalized spacial score (nSPS) is 10.5. The first-order valence-corrected chi connectivity index (χ1v) is 9.05. The van der Waals surface area contributed by atoms with Gasteiger partial charge in [0, 0.05) is 16.4 Å². The van der Waals surface area contributed by atoms with Crippen molar-refractivity contribution in [2.75, 3.05) is 11.9 Å². The Labute approximate surface area is 164 Å². The van der Waals surface area contributed by atoms with E-state index in [1.54, 1.807) is 29.9 Å². The number of carbonyl (C=O) groups excluding carboxylic acids is 2. The largest absolute Gasteiger partial charge is 0.343 e. The molecule has 2 N–H and O–H groups in total. The molecule has 138 valence electrons. The first kappa shape index (κ1) is 18.8. The van der Waals surface area contributed by atoms with Crippen LogP contribution in [0.5, 0.6) is 0 Å². The number of pyridine rings is 1. The summed E-state index contributed by atoms with van der Waals surface area (Å²) in [4.78, 5) is 28.7. The SMILES string of the molecule is Cc1cc(NC(=O)CNC(=O)c2cnn(-c3ccccn3)c2C)ccc1Br. The van der Waals surface area contributed by atoms with Gasteiger partial charge in [-0.05, 0) is 49.7 Å². The maximum absolute atomic E-state index is 12.4. The first-order valence-electron chi connectivity index (χ1n) is 8.26. The number of nitrogens with zero attached hydrogens (tertiary/aromatic N) is 3. The van der Waals surface area contributed by atoms with Gasteiger partial charge in [0.05, 0.1) is 24.0 Å². The molecule has 0 unspecified atom stereocenters. The molecule has 0 fully saturated rings. The third-order valence-corrected chi connectivity index (χ3v) is 4.86. The van der Waals surface area contributed by atoms with E-state index < -0.39 is 0 Å². The van der Waals surface area contributed by atoms with Gasteiger partial charge in [-0.15, -0.1) is 0 Å². The number of aryl methyl sites for hydroxylation is 1. The average molecular weight is 428 g/mol. The highest BCUT2D eigenvalue weighted by Crippen LogP contribution is 2.19. The summed E-state index contributed by atoms with van der Waals surface area (Å²) in [6.45, 7) is 3.58. The molecule has 0 saturated heterocycles. The lowest BCUT2D eigenvalue weighted by atomic mass is 10.2. The number of hydrogen-bond donors (Lipinski definition) is 2. The Bertz CT molecular complexity index is 985. The van der Waals surface area contributed by atoms with Crippen LogP contribution in [0.2, 0.25) is 0 Å². The number of amides is 2. The average Bonchev–Trinajstić information content (AvgIpc) is 3.05. The van der Waals surface area contributed by atoms with Crippen LogP contribution in [-0.4, -0.2) is 33.1 Å². The van der Waals surface area contributed by atoms with E-state index in [1.807, 2.05) is 31.2 Å². The number of aromatic nitrogens is 3. The number of benzene rings is 1. The molecular formula is C19H18BrN5O2. The molecule has 7 nitrogen and oxygen atoms in total. The Morgan fingerprint density at radius 1 is 1.19 bits per heavy atom. The van der Waals surface area contributed by atoms with E-state index in [0.29, 0.717) is 22.8 Å². The highest BCUT2D eigenvalue weighted by Gasteiger charge is 2.16. The number of rotatable bonds is 5. The molecule has 8 heteroatoms. The third-order valence-electron chi connectivity index (χ3n) is 3.97. The molecule has 2 amide bonds. The number of carbonyl (C=O) groups is 2.